The first-order chi connectivity index (χ1) is 8.17. The topological polar surface area (TPSA) is 70.5 Å². The minimum absolute atomic E-state index is 0.325. The lowest BCUT2D eigenvalue weighted by Gasteiger charge is -2.12. The van der Waals surface area contributed by atoms with E-state index >= 15 is 0 Å². The van der Waals surface area contributed by atoms with Gasteiger partial charge in [0.15, 0.2) is 11.6 Å². The van der Waals surface area contributed by atoms with Gasteiger partial charge in [-0.25, -0.2) is 0 Å². The number of methoxy groups -OCH3 is 2. The summed E-state index contributed by atoms with van der Waals surface area (Å²) in [7, 11) is 3.19. The standard InChI is InChI=1S/C12H14N2O3/c1-7-4-5-8(15-2)11(12(7)16-3)9-6-10(13)14-17-9/h4-6H,1-3H3,(H2,13,14). The molecule has 1 heterocycles. The Kier molecular flexibility index (Phi) is 2.91. The molecule has 0 aliphatic carbocycles. The predicted octanol–water partition coefficient (Wildman–Crippen LogP) is 2.25. The van der Waals surface area contributed by atoms with Crippen LogP contribution in [0.4, 0.5) is 5.82 Å². The molecule has 2 aromatic rings. The van der Waals surface area contributed by atoms with Gasteiger partial charge in [0.05, 0.1) is 14.2 Å². The summed E-state index contributed by atoms with van der Waals surface area (Å²) in [4.78, 5) is 0. The summed E-state index contributed by atoms with van der Waals surface area (Å²) in [6.45, 7) is 1.95. The molecule has 5 nitrogen and oxygen atoms in total. The molecule has 1 aromatic heterocycles. The number of benzene rings is 1. The van der Waals surface area contributed by atoms with Gasteiger partial charge in [-0.3, -0.25) is 0 Å². The highest BCUT2D eigenvalue weighted by Gasteiger charge is 2.18. The average molecular weight is 234 g/mol. The molecule has 1 aromatic carbocycles. The molecule has 2 N–H and O–H groups in total. The highest BCUT2D eigenvalue weighted by Crippen LogP contribution is 2.40. The van der Waals surface area contributed by atoms with Crippen LogP contribution in [-0.4, -0.2) is 19.4 Å². The fourth-order valence-electron chi connectivity index (χ4n) is 1.74. The lowest BCUT2D eigenvalue weighted by Crippen LogP contribution is -1.94. The molecule has 0 unspecified atom stereocenters. The van der Waals surface area contributed by atoms with E-state index in [1.807, 2.05) is 19.1 Å². The molecule has 0 saturated carbocycles. The maximum absolute atomic E-state index is 5.55. The molecule has 0 radical (unpaired) electrons. The molecular weight excluding hydrogens is 220 g/mol. The second-order valence-corrected chi connectivity index (χ2v) is 3.61. The van der Waals surface area contributed by atoms with Gasteiger partial charge in [0.1, 0.15) is 17.1 Å². The number of nitrogen functional groups attached to an aromatic ring is 1. The molecule has 0 fully saturated rings. The van der Waals surface area contributed by atoms with Crippen LogP contribution in [0, 0.1) is 6.92 Å². The lowest BCUT2D eigenvalue weighted by molar-refractivity contribution is 0.385. The molecule has 0 atom stereocenters. The van der Waals surface area contributed by atoms with Crippen LogP contribution in [0.1, 0.15) is 5.56 Å². The van der Waals surface area contributed by atoms with Gasteiger partial charge >= 0.3 is 0 Å². The highest BCUT2D eigenvalue weighted by molar-refractivity contribution is 5.75. The van der Waals surface area contributed by atoms with Crippen molar-refractivity contribution in [3.05, 3.63) is 23.8 Å². The van der Waals surface area contributed by atoms with Crippen LogP contribution in [0.5, 0.6) is 11.5 Å². The van der Waals surface area contributed by atoms with Crippen molar-refractivity contribution < 1.29 is 14.0 Å². The normalized spacial score (nSPS) is 10.3. The summed E-state index contributed by atoms with van der Waals surface area (Å²) in [6.07, 6.45) is 0. The molecule has 0 aliphatic heterocycles. The fraction of sp³-hybridized carbons (Fsp3) is 0.250. The minimum Gasteiger partial charge on any atom is -0.496 e. The Bertz CT molecular complexity index is 535. The van der Waals surface area contributed by atoms with Gasteiger partial charge in [0.25, 0.3) is 0 Å². The van der Waals surface area contributed by atoms with Crippen LogP contribution < -0.4 is 15.2 Å². The first-order valence-corrected chi connectivity index (χ1v) is 5.11. The number of ether oxygens (including phenoxy) is 2. The Morgan fingerprint density at radius 2 is 2.00 bits per heavy atom. The Labute approximate surface area is 99.1 Å². The van der Waals surface area contributed by atoms with E-state index in [0.29, 0.717) is 23.1 Å². The van der Waals surface area contributed by atoms with Crippen molar-refractivity contribution in [2.75, 3.05) is 20.0 Å². The first kappa shape index (κ1) is 11.3. The first-order valence-electron chi connectivity index (χ1n) is 5.11. The Hall–Kier alpha value is -2.17. The van der Waals surface area contributed by atoms with E-state index in [9.17, 15) is 0 Å². The zero-order valence-corrected chi connectivity index (χ0v) is 9.98. The zero-order chi connectivity index (χ0) is 12.4. The Balaban J connectivity index is 2.68. The Morgan fingerprint density at radius 3 is 2.53 bits per heavy atom. The lowest BCUT2D eigenvalue weighted by atomic mass is 10.1. The largest absolute Gasteiger partial charge is 0.496 e. The molecule has 17 heavy (non-hydrogen) atoms. The fourth-order valence-corrected chi connectivity index (χ4v) is 1.74. The molecule has 0 amide bonds. The monoisotopic (exact) mass is 234 g/mol. The van der Waals surface area contributed by atoms with E-state index in [4.69, 9.17) is 19.7 Å². The van der Waals surface area contributed by atoms with Gasteiger partial charge in [-0.1, -0.05) is 11.2 Å². The van der Waals surface area contributed by atoms with Crippen LogP contribution in [0.3, 0.4) is 0 Å². The smallest absolute Gasteiger partial charge is 0.176 e. The zero-order valence-electron chi connectivity index (χ0n) is 9.98. The van der Waals surface area contributed by atoms with Gasteiger partial charge in [0, 0.05) is 6.07 Å². The number of nitrogens with zero attached hydrogens (tertiary/aromatic N) is 1. The maximum atomic E-state index is 5.55. The molecule has 0 aliphatic rings. The number of hydrogen-bond donors (Lipinski definition) is 1. The number of anilines is 1. The van der Waals surface area contributed by atoms with Crippen molar-refractivity contribution in [1.82, 2.24) is 5.16 Å². The number of hydrogen-bond acceptors (Lipinski definition) is 5. The highest BCUT2D eigenvalue weighted by atomic mass is 16.5. The molecule has 0 bridgehead atoms. The van der Waals surface area contributed by atoms with Crippen LogP contribution in [0.2, 0.25) is 0 Å². The van der Waals surface area contributed by atoms with Gasteiger partial charge < -0.3 is 19.7 Å². The van der Waals surface area contributed by atoms with Gasteiger partial charge in [-0.15, -0.1) is 0 Å². The second kappa shape index (κ2) is 4.37. The van der Waals surface area contributed by atoms with Crippen molar-refractivity contribution in [1.29, 1.82) is 0 Å². The van der Waals surface area contributed by atoms with Crippen molar-refractivity contribution in [3.63, 3.8) is 0 Å². The Morgan fingerprint density at radius 1 is 1.24 bits per heavy atom. The van der Waals surface area contributed by atoms with E-state index in [0.717, 1.165) is 11.1 Å². The van der Waals surface area contributed by atoms with E-state index < -0.39 is 0 Å². The average Bonchev–Trinajstić information content (AvgIpc) is 2.75. The molecular formula is C12H14N2O3. The number of rotatable bonds is 3. The van der Waals surface area contributed by atoms with Crippen LogP contribution in [0.25, 0.3) is 11.3 Å². The predicted molar refractivity (Wildman–Crippen MR) is 64.2 cm³/mol. The molecule has 0 saturated heterocycles. The van der Waals surface area contributed by atoms with Crippen LogP contribution in [0.15, 0.2) is 22.7 Å². The van der Waals surface area contributed by atoms with E-state index in [2.05, 4.69) is 5.16 Å². The van der Waals surface area contributed by atoms with Crippen molar-refractivity contribution in [3.8, 4) is 22.8 Å². The summed E-state index contributed by atoms with van der Waals surface area (Å²) in [5.41, 5.74) is 7.26. The number of aromatic nitrogens is 1. The minimum atomic E-state index is 0.325. The van der Waals surface area contributed by atoms with Crippen molar-refractivity contribution in [2.45, 2.75) is 6.92 Å². The van der Waals surface area contributed by atoms with Gasteiger partial charge in [0.2, 0.25) is 0 Å². The summed E-state index contributed by atoms with van der Waals surface area (Å²) in [6, 6.07) is 5.41. The third-order valence-corrected chi connectivity index (χ3v) is 2.52. The number of nitrogens with two attached hydrogens (primary N) is 1. The van der Waals surface area contributed by atoms with Crippen molar-refractivity contribution in [2.24, 2.45) is 0 Å². The SMILES string of the molecule is COc1ccc(C)c(OC)c1-c1cc(N)no1. The van der Waals surface area contributed by atoms with Crippen LogP contribution >= 0.6 is 0 Å². The molecule has 2 rings (SSSR count). The number of aryl methyl sites for hydroxylation is 1. The molecule has 5 heteroatoms. The second-order valence-electron chi connectivity index (χ2n) is 3.61. The van der Waals surface area contributed by atoms with Crippen molar-refractivity contribution >= 4 is 5.82 Å². The van der Waals surface area contributed by atoms with E-state index in [1.54, 1.807) is 20.3 Å². The van der Waals surface area contributed by atoms with Crippen LogP contribution in [-0.2, 0) is 0 Å². The summed E-state index contributed by atoms with van der Waals surface area (Å²) in [5.74, 6) is 2.20. The summed E-state index contributed by atoms with van der Waals surface area (Å²) in [5, 5.41) is 3.67. The van der Waals surface area contributed by atoms with Gasteiger partial charge in [-0.2, -0.15) is 0 Å². The summed E-state index contributed by atoms with van der Waals surface area (Å²) < 4.78 is 15.8. The molecule has 90 valence electrons. The quantitative estimate of drug-likeness (QED) is 0.881. The molecule has 0 spiro atoms. The van der Waals surface area contributed by atoms with E-state index in [1.165, 1.54) is 0 Å². The van der Waals surface area contributed by atoms with Gasteiger partial charge in [-0.05, 0) is 18.6 Å². The van der Waals surface area contributed by atoms with E-state index in [-0.39, 0.29) is 0 Å². The third-order valence-electron chi connectivity index (χ3n) is 2.52. The summed E-state index contributed by atoms with van der Waals surface area (Å²) >= 11 is 0. The maximum Gasteiger partial charge on any atom is 0.176 e. The third kappa shape index (κ3) is 1.91.